The van der Waals surface area contributed by atoms with E-state index in [1.165, 1.54) is 5.39 Å². The highest BCUT2D eigenvalue weighted by Gasteiger charge is 2.11. The highest BCUT2D eigenvalue weighted by molar-refractivity contribution is 6.30. The van der Waals surface area contributed by atoms with E-state index in [4.69, 9.17) is 16.6 Å². The molecule has 0 fully saturated rings. The molecule has 3 nitrogen and oxygen atoms in total. The van der Waals surface area contributed by atoms with Crippen LogP contribution in [-0.2, 0) is 0 Å². The molecule has 4 heteroatoms. The highest BCUT2D eigenvalue weighted by Crippen LogP contribution is 2.22. The van der Waals surface area contributed by atoms with E-state index in [0.29, 0.717) is 27.4 Å². The number of aromatic nitrogens is 2. The lowest BCUT2D eigenvalue weighted by Gasteiger charge is -2.12. The van der Waals surface area contributed by atoms with Crippen molar-refractivity contribution in [1.29, 1.82) is 0 Å². The first-order valence-electron chi connectivity index (χ1n) is 9.64. The van der Waals surface area contributed by atoms with Gasteiger partial charge in [0.25, 0.3) is 5.56 Å². The second-order valence-electron chi connectivity index (χ2n) is 7.01. The molecule has 5 rings (SSSR count). The van der Waals surface area contributed by atoms with Crippen LogP contribution < -0.4 is 5.56 Å². The van der Waals surface area contributed by atoms with Crippen LogP contribution in [0.3, 0.4) is 0 Å². The average Bonchev–Trinajstić information content (AvgIpc) is 2.78. The van der Waals surface area contributed by atoms with Gasteiger partial charge >= 0.3 is 0 Å². The zero-order valence-corrected chi connectivity index (χ0v) is 16.8. The van der Waals surface area contributed by atoms with Crippen molar-refractivity contribution in [2.24, 2.45) is 0 Å². The van der Waals surface area contributed by atoms with Crippen LogP contribution in [0.2, 0.25) is 5.02 Å². The van der Waals surface area contributed by atoms with Gasteiger partial charge in [-0.2, -0.15) is 0 Å². The Morgan fingerprint density at radius 2 is 1.50 bits per heavy atom. The summed E-state index contributed by atoms with van der Waals surface area (Å²) in [7, 11) is 0. The molecule has 0 N–H and O–H groups in total. The summed E-state index contributed by atoms with van der Waals surface area (Å²) in [6.07, 6.45) is 3.89. The van der Waals surface area contributed by atoms with E-state index in [0.717, 1.165) is 10.9 Å². The molecule has 0 radical (unpaired) electrons. The maximum Gasteiger partial charge on any atom is 0.266 e. The lowest BCUT2D eigenvalue weighted by Crippen LogP contribution is -2.22. The molecule has 5 aromatic rings. The van der Waals surface area contributed by atoms with E-state index in [1.807, 2.05) is 60.7 Å². The topological polar surface area (TPSA) is 34.9 Å². The first kappa shape index (κ1) is 18.3. The zero-order chi connectivity index (χ0) is 20.5. The third-order valence-electron chi connectivity index (χ3n) is 5.10. The van der Waals surface area contributed by atoms with Crippen LogP contribution in [0.1, 0.15) is 11.4 Å². The van der Waals surface area contributed by atoms with Crippen molar-refractivity contribution in [3.63, 3.8) is 0 Å². The molecule has 0 saturated carbocycles. The highest BCUT2D eigenvalue weighted by atomic mass is 35.5. The molecule has 0 aliphatic rings. The first-order valence-corrected chi connectivity index (χ1v) is 10.0. The van der Waals surface area contributed by atoms with Crippen LogP contribution in [0.5, 0.6) is 0 Å². The fraction of sp³-hybridized carbons (Fsp3) is 0. The molecule has 0 bridgehead atoms. The van der Waals surface area contributed by atoms with E-state index in [-0.39, 0.29) is 5.56 Å². The zero-order valence-electron chi connectivity index (χ0n) is 16.0. The van der Waals surface area contributed by atoms with Crippen molar-refractivity contribution < 1.29 is 0 Å². The van der Waals surface area contributed by atoms with Gasteiger partial charge in [0, 0.05) is 5.02 Å². The van der Waals surface area contributed by atoms with Crippen molar-refractivity contribution in [3.8, 4) is 5.69 Å². The van der Waals surface area contributed by atoms with Gasteiger partial charge in [0.1, 0.15) is 5.82 Å². The van der Waals surface area contributed by atoms with Crippen molar-refractivity contribution in [1.82, 2.24) is 9.55 Å². The SMILES string of the molecule is O=c1c2ccccc2nc(/C=C/c2cccc3ccccc23)n1-c1cccc(Cl)c1. The van der Waals surface area contributed by atoms with Gasteiger partial charge < -0.3 is 0 Å². The number of rotatable bonds is 3. The number of benzene rings is 4. The second-order valence-corrected chi connectivity index (χ2v) is 7.45. The molecule has 1 aromatic heterocycles. The Morgan fingerprint density at radius 3 is 2.37 bits per heavy atom. The second kappa shape index (κ2) is 7.62. The number of halogens is 1. The Bertz CT molecular complexity index is 1480. The first-order chi connectivity index (χ1) is 14.7. The minimum absolute atomic E-state index is 0.125. The number of para-hydroxylation sites is 1. The number of hydrogen-bond donors (Lipinski definition) is 0. The molecular weight excluding hydrogens is 392 g/mol. The summed E-state index contributed by atoms with van der Waals surface area (Å²) >= 11 is 6.20. The Hall–Kier alpha value is -3.69. The minimum Gasteiger partial charge on any atom is -0.268 e. The van der Waals surface area contributed by atoms with Gasteiger partial charge in [-0.15, -0.1) is 0 Å². The van der Waals surface area contributed by atoms with Gasteiger partial charge in [0.15, 0.2) is 0 Å². The number of nitrogens with zero attached hydrogens (tertiary/aromatic N) is 2. The number of fused-ring (bicyclic) bond motifs is 2. The Balaban J connectivity index is 1.74. The maximum atomic E-state index is 13.3. The molecule has 0 aliphatic carbocycles. The van der Waals surface area contributed by atoms with E-state index in [1.54, 1.807) is 22.8 Å². The summed E-state index contributed by atoms with van der Waals surface area (Å²) in [5.41, 5.74) is 2.29. The van der Waals surface area contributed by atoms with Gasteiger partial charge in [-0.05, 0) is 52.7 Å². The Kier molecular flexibility index (Phi) is 4.66. The molecular formula is C26H17ClN2O. The van der Waals surface area contributed by atoms with Crippen LogP contribution >= 0.6 is 11.6 Å². The molecule has 30 heavy (non-hydrogen) atoms. The van der Waals surface area contributed by atoms with E-state index < -0.39 is 0 Å². The Morgan fingerprint density at radius 1 is 0.767 bits per heavy atom. The van der Waals surface area contributed by atoms with Gasteiger partial charge in [-0.25, -0.2) is 4.98 Å². The summed E-state index contributed by atoms with van der Waals surface area (Å²) in [6.45, 7) is 0. The summed E-state index contributed by atoms with van der Waals surface area (Å²) in [5.74, 6) is 0.550. The lowest BCUT2D eigenvalue weighted by atomic mass is 10.0. The molecule has 0 saturated heterocycles. The molecule has 0 unspecified atom stereocenters. The monoisotopic (exact) mass is 408 g/mol. The van der Waals surface area contributed by atoms with Crippen LogP contribution in [0.15, 0.2) is 95.8 Å². The van der Waals surface area contributed by atoms with Crippen LogP contribution in [-0.4, -0.2) is 9.55 Å². The summed E-state index contributed by atoms with van der Waals surface area (Å²) < 4.78 is 1.61. The third kappa shape index (κ3) is 3.30. The molecule has 4 aromatic carbocycles. The Labute approximate surface area is 178 Å². The fourth-order valence-corrected chi connectivity index (χ4v) is 3.87. The molecule has 0 spiro atoms. The smallest absolute Gasteiger partial charge is 0.266 e. The fourth-order valence-electron chi connectivity index (χ4n) is 3.69. The molecule has 0 aliphatic heterocycles. The lowest BCUT2D eigenvalue weighted by molar-refractivity contribution is 0.944. The summed E-state index contributed by atoms with van der Waals surface area (Å²) in [4.78, 5) is 18.1. The van der Waals surface area contributed by atoms with Gasteiger partial charge in [-0.3, -0.25) is 9.36 Å². The standard InChI is InChI=1S/C26H17ClN2O/c27-20-10-6-11-21(17-20)29-25(28-24-14-4-3-13-23(24)26(29)30)16-15-19-9-5-8-18-7-1-2-12-22(18)19/h1-17H/b16-15+. The van der Waals surface area contributed by atoms with Crippen LogP contribution in [0.4, 0.5) is 0 Å². The summed E-state index contributed by atoms with van der Waals surface area (Å²) in [5, 5.41) is 3.45. The average molecular weight is 409 g/mol. The van der Waals surface area contributed by atoms with E-state index in [9.17, 15) is 4.79 Å². The predicted molar refractivity (Wildman–Crippen MR) is 125 cm³/mol. The largest absolute Gasteiger partial charge is 0.268 e. The van der Waals surface area contributed by atoms with E-state index >= 15 is 0 Å². The van der Waals surface area contributed by atoms with Crippen molar-refractivity contribution in [3.05, 3.63) is 118 Å². The minimum atomic E-state index is -0.125. The third-order valence-corrected chi connectivity index (χ3v) is 5.34. The molecule has 0 amide bonds. The van der Waals surface area contributed by atoms with E-state index in [2.05, 4.69) is 24.3 Å². The predicted octanol–water partition coefficient (Wildman–Crippen LogP) is 6.36. The van der Waals surface area contributed by atoms with Crippen molar-refractivity contribution in [2.75, 3.05) is 0 Å². The van der Waals surface area contributed by atoms with Gasteiger partial charge in [0.05, 0.1) is 16.6 Å². The van der Waals surface area contributed by atoms with Crippen molar-refractivity contribution >= 4 is 45.4 Å². The number of hydrogen-bond acceptors (Lipinski definition) is 2. The van der Waals surface area contributed by atoms with Crippen LogP contribution in [0.25, 0.3) is 39.5 Å². The normalized spacial score (nSPS) is 11.5. The molecule has 1 heterocycles. The quantitative estimate of drug-likeness (QED) is 0.348. The van der Waals surface area contributed by atoms with Gasteiger partial charge in [0.2, 0.25) is 0 Å². The maximum absolute atomic E-state index is 13.3. The van der Waals surface area contributed by atoms with Crippen molar-refractivity contribution in [2.45, 2.75) is 0 Å². The molecule has 144 valence electrons. The molecule has 0 atom stereocenters. The van der Waals surface area contributed by atoms with Gasteiger partial charge in [-0.1, -0.05) is 78.3 Å². The van der Waals surface area contributed by atoms with Crippen LogP contribution in [0, 0.1) is 0 Å². The summed E-state index contributed by atoms with van der Waals surface area (Å²) in [6, 6.07) is 29.0.